The molecule has 0 rings (SSSR count). The van der Waals surface area contributed by atoms with E-state index in [1.165, 1.54) is 321 Å². The summed E-state index contributed by atoms with van der Waals surface area (Å²) in [4.78, 5) is 24.5. The number of nitrogens with one attached hydrogen (secondary N) is 1. The number of carbonyl (C=O) groups excluding carboxylic acids is 2. The van der Waals surface area contributed by atoms with Crippen LogP contribution in [0.25, 0.3) is 0 Å². The predicted molar refractivity (Wildman–Crippen MR) is 320 cm³/mol. The van der Waals surface area contributed by atoms with Gasteiger partial charge in [0.1, 0.15) is 0 Å². The monoisotopic (exact) mass is 1030 g/mol. The number of ether oxygens (including phenoxy) is 1. The Balaban J connectivity index is 3.31. The van der Waals surface area contributed by atoms with E-state index in [4.69, 9.17) is 4.74 Å². The van der Waals surface area contributed by atoms with E-state index in [9.17, 15) is 19.8 Å². The zero-order chi connectivity index (χ0) is 52.9. The van der Waals surface area contributed by atoms with E-state index in [1.807, 2.05) is 0 Å². The van der Waals surface area contributed by atoms with Crippen molar-refractivity contribution in [2.45, 2.75) is 405 Å². The lowest BCUT2D eigenvalue weighted by Gasteiger charge is -2.22. The summed E-state index contributed by atoms with van der Waals surface area (Å²) in [5.41, 5.74) is 0. The van der Waals surface area contributed by atoms with Crippen LogP contribution in [0.3, 0.4) is 0 Å². The molecule has 0 saturated carbocycles. The fourth-order valence-corrected chi connectivity index (χ4v) is 11.0. The van der Waals surface area contributed by atoms with Crippen molar-refractivity contribution < 1.29 is 24.5 Å². The summed E-state index contributed by atoms with van der Waals surface area (Å²) < 4.78 is 5.49. The first-order chi connectivity index (χ1) is 36.0. The summed E-state index contributed by atoms with van der Waals surface area (Å²) >= 11 is 0. The molecule has 0 saturated heterocycles. The van der Waals surface area contributed by atoms with Crippen LogP contribution in [0.5, 0.6) is 0 Å². The molecule has 73 heavy (non-hydrogen) atoms. The summed E-state index contributed by atoms with van der Waals surface area (Å²) in [5.74, 6) is -0.00655. The van der Waals surface area contributed by atoms with Crippen LogP contribution < -0.4 is 5.32 Å². The van der Waals surface area contributed by atoms with Crippen LogP contribution in [0.15, 0.2) is 0 Å². The van der Waals surface area contributed by atoms with Gasteiger partial charge in [-0.15, -0.1) is 0 Å². The zero-order valence-corrected chi connectivity index (χ0v) is 49.9. The second-order valence-electron chi connectivity index (χ2n) is 23.5. The molecular weight excluding hydrogens is 899 g/mol. The number of hydrogen-bond donors (Lipinski definition) is 3. The maximum atomic E-state index is 12.5. The number of esters is 1. The molecule has 0 aromatic heterocycles. The molecule has 2 unspecified atom stereocenters. The summed E-state index contributed by atoms with van der Waals surface area (Å²) in [6.45, 7) is 4.99. The maximum Gasteiger partial charge on any atom is 0.305 e. The van der Waals surface area contributed by atoms with Crippen molar-refractivity contribution in [2.75, 3.05) is 13.2 Å². The molecule has 0 fully saturated rings. The van der Waals surface area contributed by atoms with Crippen molar-refractivity contribution in [1.29, 1.82) is 0 Å². The topological polar surface area (TPSA) is 95.9 Å². The third kappa shape index (κ3) is 60.0. The molecule has 0 radical (unpaired) electrons. The average Bonchev–Trinajstić information content (AvgIpc) is 3.39. The van der Waals surface area contributed by atoms with E-state index in [2.05, 4.69) is 19.2 Å². The Morgan fingerprint density at radius 1 is 0.329 bits per heavy atom. The van der Waals surface area contributed by atoms with Gasteiger partial charge < -0.3 is 20.3 Å². The highest BCUT2D eigenvalue weighted by molar-refractivity contribution is 5.76. The number of aliphatic hydroxyl groups excluding tert-OH is 2. The van der Waals surface area contributed by atoms with Gasteiger partial charge in [-0.05, 0) is 25.7 Å². The van der Waals surface area contributed by atoms with Gasteiger partial charge in [-0.2, -0.15) is 0 Å². The highest BCUT2D eigenvalue weighted by atomic mass is 16.5. The minimum atomic E-state index is -0.660. The quantitative estimate of drug-likeness (QED) is 0.0417. The molecule has 1 amide bonds. The van der Waals surface area contributed by atoms with Gasteiger partial charge in [0, 0.05) is 12.8 Å². The largest absolute Gasteiger partial charge is 0.466 e. The summed E-state index contributed by atoms with van der Waals surface area (Å²) in [7, 11) is 0. The SMILES string of the molecule is CCCCCCCCCCCCCCCCC(=O)OCCCCCCCCCCCCCCCCCCCCCCCCCCCCCCC(=O)NC(CO)C(O)CCCCCCCCCCCCCCCC. The Morgan fingerprint density at radius 2 is 0.562 bits per heavy atom. The van der Waals surface area contributed by atoms with Gasteiger partial charge in [0.25, 0.3) is 0 Å². The Morgan fingerprint density at radius 3 is 0.836 bits per heavy atom. The lowest BCUT2D eigenvalue weighted by molar-refractivity contribution is -0.143. The van der Waals surface area contributed by atoms with Crippen LogP contribution in [-0.2, 0) is 14.3 Å². The van der Waals surface area contributed by atoms with Crippen molar-refractivity contribution in [3.63, 3.8) is 0 Å². The molecular formula is C67H133NO5. The van der Waals surface area contributed by atoms with Gasteiger partial charge in [-0.3, -0.25) is 9.59 Å². The lowest BCUT2D eigenvalue weighted by Crippen LogP contribution is -2.45. The summed E-state index contributed by atoms with van der Waals surface area (Å²) in [5, 5.41) is 23.3. The Hall–Kier alpha value is -1.14. The molecule has 0 spiro atoms. The van der Waals surface area contributed by atoms with Gasteiger partial charge in [0.2, 0.25) is 5.91 Å². The van der Waals surface area contributed by atoms with Crippen LogP contribution >= 0.6 is 0 Å². The fourth-order valence-electron chi connectivity index (χ4n) is 11.0. The number of carbonyl (C=O) groups is 2. The molecule has 0 heterocycles. The molecule has 0 aliphatic rings. The molecule has 6 heteroatoms. The number of unbranched alkanes of at least 4 members (excludes halogenated alkanes) is 53. The minimum Gasteiger partial charge on any atom is -0.466 e. The lowest BCUT2D eigenvalue weighted by atomic mass is 10.0. The smallest absolute Gasteiger partial charge is 0.305 e. The second kappa shape index (κ2) is 63.4. The molecule has 2 atom stereocenters. The van der Waals surface area contributed by atoms with Crippen molar-refractivity contribution in [2.24, 2.45) is 0 Å². The van der Waals surface area contributed by atoms with E-state index in [0.717, 1.165) is 38.5 Å². The van der Waals surface area contributed by atoms with Gasteiger partial charge in [-0.25, -0.2) is 0 Å². The van der Waals surface area contributed by atoms with E-state index >= 15 is 0 Å². The molecule has 0 aromatic carbocycles. The number of hydrogen-bond acceptors (Lipinski definition) is 5. The molecule has 0 bridgehead atoms. The van der Waals surface area contributed by atoms with Gasteiger partial charge in [0.05, 0.1) is 25.4 Å². The van der Waals surface area contributed by atoms with Crippen molar-refractivity contribution in [1.82, 2.24) is 5.32 Å². The van der Waals surface area contributed by atoms with E-state index < -0.39 is 12.1 Å². The van der Waals surface area contributed by atoms with Gasteiger partial charge in [0.15, 0.2) is 0 Å². The second-order valence-corrected chi connectivity index (χ2v) is 23.5. The first-order valence-corrected chi connectivity index (χ1v) is 33.8. The number of aliphatic hydroxyl groups is 2. The number of rotatable bonds is 64. The van der Waals surface area contributed by atoms with Crippen LogP contribution in [0.1, 0.15) is 393 Å². The van der Waals surface area contributed by atoms with Crippen molar-refractivity contribution in [3.05, 3.63) is 0 Å². The van der Waals surface area contributed by atoms with Crippen LogP contribution in [0.4, 0.5) is 0 Å². The van der Waals surface area contributed by atoms with E-state index in [-0.39, 0.29) is 18.5 Å². The van der Waals surface area contributed by atoms with E-state index in [0.29, 0.717) is 25.9 Å². The Kier molecular flexibility index (Phi) is 62.4. The fraction of sp³-hybridized carbons (Fsp3) is 0.970. The van der Waals surface area contributed by atoms with Crippen molar-refractivity contribution in [3.8, 4) is 0 Å². The highest BCUT2D eigenvalue weighted by Gasteiger charge is 2.20. The molecule has 0 aromatic rings. The normalized spacial score (nSPS) is 12.4. The standard InChI is InChI=1S/C67H133NO5/c1-3-5-7-9-11-13-15-17-35-39-43-47-51-55-59-65(70)64(63-69)68-66(71)60-56-52-48-44-40-36-33-31-29-27-25-23-21-19-20-22-24-26-28-30-32-34-38-42-46-50-54-58-62-73-67(72)61-57-53-49-45-41-37-18-16-14-12-10-8-6-4-2/h64-65,69-70H,3-63H2,1-2H3,(H,68,71). The molecule has 0 aliphatic heterocycles. The summed E-state index contributed by atoms with van der Waals surface area (Å²) in [6.07, 6.45) is 75.7. The average molecular weight is 1030 g/mol. The minimum absolute atomic E-state index is 0.0221. The van der Waals surface area contributed by atoms with Crippen LogP contribution in [-0.4, -0.2) is 47.4 Å². The third-order valence-corrected chi connectivity index (χ3v) is 16.2. The predicted octanol–water partition coefficient (Wildman–Crippen LogP) is 21.4. The first kappa shape index (κ1) is 71.9. The van der Waals surface area contributed by atoms with Gasteiger partial charge in [-0.1, -0.05) is 354 Å². The van der Waals surface area contributed by atoms with Crippen LogP contribution in [0.2, 0.25) is 0 Å². The van der Waals surface area contributed by atoms with Gasteiger partial charge >= 0.3 is 5.97 Å². The third-order valence-electron chi connectivity index (χ3n) is 16.2. The van der Waals surface area contributed by atoms with E-state index in [1.54, 1.807) is 0 Å². The molecule has 0 aliphatic carbocycles. The molecule has 6 nitrogen and oxygen atoms in total. The molecule has 3 N–H and O–H groups in total. The van der Waals surface area contributed by atoms with Crippen molar-refractivity contribution >= 4 is 11.9 Å². The van der Waals surface area contributed by atoms with Crippen LogP contribution in [0, 0.1) is 0 Å². The number of amides is 1. The Labute approximate surface area is 457 Å². The molecule has 436 valence electrons. The summed E-state index contributed by atoms with van der Waals surface area (Å²) in [6, 6.07) is -0.537. The maximum absolute atomic E-state index is 12.5. The zero-order valence-electron chi connectivity index (χ0n) is 49.9. The highest BCUT2D eigenvalue weighted by Crippen LogP contribution is 2.19. The first-order valence-electron chi connectivity index (χ1n) is 33.8. The Bertz CT molecular complexity index is 1050.